The normalized spacial score (nSPS) is 12.8. The lowest BCUT2D eigenvalue weighted by Gasteiger charge is -1.94. The maximum absolute atomic E-state index is 13.1. The van der Waals surface area contributed by atoms with Gasteiger partial charge < -0.3 is 4.98 Å². The number of imidazole rings is 1. The topological polar surface area (TPSA) is 41.0 Å². The van der Waals surface area contributed by atoms with Crippen LogP contribution in [0.1, 0.15) is 19.2 Å². The molecule has 0 bridgehead atoms. The molecule has 0 radical (unpaired) electrons. The summed E-state index contributed by atoms with van der Waals surface area (Å²) in [4.78, 5) is 11.5. The lowest BCUT2D eigenvalue weighted by Crippen LogP contribution is -1.88. The van der Waals surface area contributed by atoms with E-state index in [1.807, 2.05) is 13.0 Å². The fourth-order valence-electron chi connectivity index (χ4n) is 1.69. The van der Waals surface area contributed by atoms with Crippen molar-refractivity contribution in [3.63, 3.8) is 0 Å². The van der Waals surface area contributed by atoms with Crippen LogP contribution < -0.4 is 0 Å². The zero-order chi connectivity index (χ0) is 12.3. The van der Waals surface area contributed by atoms with Crippen molar-refractivity contribution in [1.82, 2.24) is 9.97 Å². The fraction of sp³-hybridized carbons (Fsp3) is 0.231. The van der Waals surface area contributed by atoms with Gasteiger partial charge in [-0.05, 0) is 24.6 Å². The molecular weight excluding hydrogens is 217 g/mol. The number of aliphatic imine (C=N–C) groups is 1. The molecule has 17 heavy (non-hydrogen) atoms. The standard InChI is InChI=1S/C13H14FN3/c1-3-4-9(8-15-2)13-16-11-6-5-10(14)7-12(11)17-13/h4-8H,3H2,1-2H3,(H,16,17)/b9-4+,15-8?. The summed E-state index contributed by atoms with van der Waals surface area (Å²) in [6.45, 7) is 2.05. The van der Waals surface area contributed by atoms with Gasteiger partial charge in [0.2, 0.25) is 0 Å². The van der Waals surface area contributed by atoms with Crippen molar-refractivity contribution >= 4 is 22.8 Å². The zero-order valence-corrected chi connectivity index (χ0v) is 9.87. The van der Waals surface area contributed by atoms with E-state index in [9.17, 15) is 4.39 Å². The summed E-state index contributed by atoms with van der Waals surface area (Å²) >= 11 is 0. The highest BCUT2D eigenvalue weighted by Gasteiger charge is 2.06. The van der Waals surface area contributed by atoms with Crippen LogP contribution in [-0.4, -0.2) is 23.2 Å². The van der Waals surface area contributed by atoms with E-state index in [2.05, 4.69) is 15.0 Å². The number of aromatic amines is 1. The lowest BCUT2D eigenvalue weighted by atomic mass is 10.2. The van der Waals surface area contributed by atoms with E-state index in [1.54, 1.807) is 19.3 Å². The number of hydrogen-bond donors (Lipinski definition) is 1. The van der Waals surface area contributed by atoms with Crippen molar-refractivity contribution in [3.8, 4) is 0 Å². The van der Waals surface area contributed by atoms with Crippen molar-refractivity contribution in [1.29, 1.82) is 0 Å². The molecule has 0 aliphatic carbocycles. The summed E-state index contributed by atoms with van der Waals surface area (Å²) in [6, 6.07) is 4.51. The van der Waals surface area contributed by atoms with Crippen LogP contribution in [0, 0.1) is 5.82 Å². The molecule has 1 aromatic heterocycles. The van der Waals surface area contributed by atoms with Crippen LogP contribution in [0.2, 0.25) is 0 Å². The Morgan fingerprint density at radius 1 is 1.53 bits per heavy atom. The van der Waals surface area contributed by atoms with Gasteiger partial charge in [0.15, 0.2) is 0 Å². The Morgan fingerprint density at radius 2 is 2.35 bits per heavy atom. The number of benzene rings is 1. The average Bonchev–Trinajstić information content (AvgIpc) is 2.71. The molecule has 0 saturated carbocycles. The third kappa shape index (κ3) is 2.41. The number of rotatable bonds is 3. The SMILES string of the molecule is CC/C=C(\C=NC)c1nc2ccc(F)cc2[nH]1. The molecule has 2 rings (SSSR count). The van der Waals surface area contributed by atoms with Gasteiger partial charge in [-0.25, -0.2) is 9.37 Å². The Kier molecular flexibility index (Phi) is 3.32. The maximum atomic E-state index is 13.1. The van der Waals surface area contributed by atoms with Crippen LogP contribution in [-0.2, 0) is 0 Å². The molecule has 3 nitrogen and oxygen atoms in total. The number of hydrogen-bond acceptors (Lipinski definition) is 2. The largest absolute Gasteiger partial charge is 0.338 e. The van der Waals surface area contributed by atoms with E-state index in [1.165, 1.54) is 12.1 Å². The zero-order valence-electron chi connectivity index (χ0n) is 9.87. The lowest BCUT2D eigenvalue weighted by molar-refractivity contribution is 0.629. The van der Waals surface area contributed by atoms with E-state index in [4.69, 9.17) is 0 Å². The van der Waals surface area contributed by atoms with Gasteiger partial charge >= 0.3 is 0 Å². The summed E-state index contributed by atoms with van der Waals surface area (Å²) < 4.78 is 13.1. The van der Waals surface area contributed by atoms with Crippen molar-refractivity contribution in [2.45, 2.75) is 13.3 Å². The van der Waals surface area contributed by atoms with Crippen LogP contribution in [0.15, 0.2) is 29.3 Å². The number of aromatic nitrogens is 2. The minimum atomic E-state index is -0.266. The number of allylic oxidation sites excluding steroid dienone is 2. The number of halogens is 1. The predicted molar refractivity (Wildman–Crippen MR) is 68.7 cm³/mol. The summed E-state index contributed by atoms with van der Waals surface area (Å²) in [7, 11) is 1.71. The van der Waals surface area contributed by atoms with Gasteiger partial charge in [-0.2, -0.15) is 0 Å². The molecule has 0 amide bonds. The van der Waals surface area contributed by atoms with Crippen molar-refractivity contribution in [3.05, 3.63) is 35.9 Å². The smallest absolute Gasteiger partial charge is 0.139 e. The molecule has 0 unspecified atom stereocenters. The van der Waals surface area contributed by atoms with Crippen LogP contribution >= 0.6 is 0 Å². The molecule has 1 heterocycles. The Labute approximate surface area is 99.1 Å². The summed E-state index contributed by atoms with van der Waals surface area (Å²) in [5, 5.41) is 0. The molecular formula is C13H14FN3. The molecule has 2 aromatic rings. The number of nitrogens with one attached hydrogen (secondary N) is 1. The predicted octanol–water partition coefficient (Wildman–Crippen LogP) is 3.20. The highest BCUT2D eigenvalue weighted by atomic mass is 19.1. The highest BCUT2D eigenvalue weighted by Crippen LogP contribution is 2.17. The van der Waals surface area contributed by atoms with Crippen LogP contribution in [0.25, 0.3) is 16.6 Å². The minimum absolute atomic E-state index is 0.266. The van der Waals surface area contributed by atoms with Crippen LogP contribution in [0.5, 0.6) is 0 Å². The Morgan fingerprint density at radius 3 is 3.06 bits per heavy atom. The molecule has 88 valence electrons. The third-order valence-corrected chi connectivity index (χ3v) is 2.41. The molecule has 0 spiro atoms. The quantitative estimate of drug-likeness (QED) is 0.810. The van der Waals surface area contributed by atoms with Crippen LogP contribution in [0.3, 0.4) is 0 Å². The maximum Gasteiger partial charge on any atom is 0.139 e. The van der Waals surface area contributed by atoms with E-state index in [0.717, 1.165) is 23.3 Å². The van der Waals surface area contributed by atoms with Crippen molar-refractivity contribution in [2.75, 3.05) is 7.05 Å². The Hall–Kier alpha value is -1.97. The highest BCUT2D eigenvalue weighted by molar-refractivity contribution is 6.09. The minimum Gasteiger partial charge on any atom is -0.338 e. The molecule has 1 N–H and O–H groups in total. The average molecular weight is 231 g/mol. The van der Waals surface area contributed by atoms with Gasteiger partial charge in [0.25, 0.3) is 0 Å². The first-order valence-corrected chi connectivity index (χ1v) is 5.52. The number of H-pyrrole nitrogens is 1. The molecule has 0 aliphatic heterocycles. The fourth-order valence-corrected chi connectivity index (χ4v) is 1.69. The summed E-state index contributed by atoms with van der Waals surface area (Å²) in [5.74, 6) is 0.455. The van der Waals surface area contributed by atoms with E-state index in [-0.39, 0.29) is 5.82 Å². The van der Waals surface area contributed by atoms with Gasteiger partial charge in [-0.15, -0.1) is 0 Å². The van der Waals surface area contributed by atoms with Gasteiger partial charge in [0, 0.05) is 18.8 Å². The summed E-state index contributed by atoms with van der Waals surface area (Å²) in [5.41, 5.74) is 2.38. The molecule has 0 fully saturated rings. The van der Waals surface area contributed by atoms with E-state index in [0.29, 0.717) is 5.52 Å². The van der Waals surface area contributed by atoms with E-state index >= 15 is 0 Å². The summed E-state index contributed by atoms with van der Waals surface area (Å²) in [6.07, 6.45) is 4.67. The molecule has 4 heteroatoms. The second kappa shape index (κ2) is 4.91. The van der Waals surface area contributed by atoms with Crippen LogP contribution in [0.4, 0.5) is 4.39 Å². The molecule has 0 atom stereocenters. The van der Waals surface area contributed by atoms with E-state index < -0.39 is 0 Å². The number of nitrogens with zero attached hydrogens (tertiary/aromatic N) is 2. The van der Waals surface area contributed by atoms with Crippen molar-refractivity contribution in [2.24, 2.45) is 4.99 Å². The van der Waals surface area contributed by atoms with Gasteiger partial charge in [0.1, 0.15) is 11.6 Å². The first-order valence-electron chi connectivity index (χ1n) is 5.52. The molecule has 1 aromatic carbocycles. The van der Waals surface area contributed by atoms with Gasteiger partial charge in [-0.3, -0.25) is 4.99 Å². The third-order valence-electron chi connectivity index (χ3n) is 2.41. The Balaban J connectivity index is 2.51. The molecule has 0 aliphatic rings. The second-order valence-electron chi connectivity index (χ2n) is 3.70. The second-order valence-corrected chi connectivity index (χ2v) is 3.70. The first-order chi connectivity index (χ1) is 8.24. The molecule has 0 saturated heterocycles. The van der Waals surface area contributed by atoms with Crippen molar-refractivity contribution < 1.29 is 4.39 Å². The monoisotopic (exact) mass is 231 g/mol. The number of fused-ring (bicyclic) bond motifs is 1. The first kappa shape index (κ1) is 11.5. The van der Waals surface area contributed by atoms with Gasteiger partial charge in [0.05, 0.1) is 11.0 Å². The Bertz CT molecular complexity index is 581. The van der Waals surface area contributed by atoms with Gasteiger partial charge in [-0.1, -0.05) is 13.0 Å².